The number of rotatable bonds is 4. The average molecular weight is 345 g/mol. The number of carbonyl (C=O) groups excluding carboxylic acids is 1. The first-order valence-electron chi connectivity index (χ1n) is 7.14. The number of hydrogen-bond acceptors (Lipinski definition) is 3. The van der Waals surface area contributed by atoms with E-state index in [0.717, 1.165) is 5.56 Å². The molecule has 0 fully saturated rings. The van der Waals surface area contributed by atoms with E-state index in [9.17, 15) is 4.79 Å². The Morgan fingerprint density at radius 1 is 1.12 bits per heavy atom. The van der Waals surface area contributed by atoms with Crippen LogP contribution in [0.15, 0.2) is 42.5 Å². The van der Waals surface area contributed by atoms with Crippen molar-refractivity contribution in [2.45, 2.75) is 0 Å². The SMILES string of the molecule is COc1ccc(NC(=O)NCC#Cc2ccccc2Cl)cc1OC. The lowest BCUT2D eigenvalue weighted by Gasteiger charge is -2.10. The molecule has 0 saturated heterocycles. The van der Waals surface area contributed by atoms with E-state index in [1.165, 1.54) is 7.11 Å². The van der Waals surface area contributed by atoms with E-state index in [4.69, 9.17) is 21.1 Å². The van der Waals surface area contributed by atoms with Crippen LogP contribution in [0.3, 0.4) is 0 Å². The predicted molar refractivity (Wildman–Crippen MR) is 94.9 cm³/mol. The van der Waals surface area contributed by atoms with Crippen molar-refractivity contribution >= 4 is 23.3 Å². The van der Waals surface area contributed by atoms with Crippen molar-refractivity contribution in [3.8, 4) is 23.3 Å². The van der Waals surface area contributed by atoms with Crippen LogP contribution in [-0.4, -0.2) is 26.8 Å². The van der Waals surface area contributed by atoms with Gasteiger partial charge in [0.25, 0.3) is 0 Å². The molecule has 24 heavy (non-hydrogen) atoms. The van der Waals surface area contributed by atoms with Gasteiger partial charge in [0.1, 0.15) is 0 Å². The molecule has 0 saturated carbocycles. The zero-order valence-corrected chi connectivity index (χ0v) is 14.1. The standard InChI is InChI=1S/C18H17ClN2O3/c1-23-16-10-9-14(12-17(16)24-2)21-18(22)20-11-5-7-13-6-3-4-8-15(13)19/h3-4,6,8-10,12H,11H2,1-2H3,(H2,20,21,22). The molecule has 2 aromatic rings. The van der Waals surface area contributed by atoms with Gasteiger partial charge in [-0.1, -0.05) is 35.6 Å². The number of methoxy groups -OCH3 is 2. The lowest BCUT2D eigenvalue weighted by Crippen LogP contribution is -2.28. The molecule has 2 amide bonds. The molecule has 0 heterocycles. The van der Waals surface area contributed by atoms with Crippen molar-refractivity contribution in [2.24, 2.45) is 0 Å². The molecular weight excluding hydrogens is 328 g/mol. The van der Waals surface area contributed by atoms with Gasteiger partial charge in [-0.25, -0.2) is 4.79 Å². The first kappa shape index (κ1) is 17.5. The minimum absolute atomic E-state index is 0.199. The first-order valence-corrected chi connectivity index (χ1v) is 7.52. The molecule has 0 radical (unpaired) electrons. The van der Waals surface area contributed by atoms with E-state index < -0.39 is 0 Å². The number of hydrogen-bond donors (Lipinski definition) is 2. The molecule has 5 nitrogen and oxygen atoms in total. The second-order valence-electron chi connectivity index (χ2n) is 4.66. The summed E-state index contributed by atoms with van der Waals surface area (Å²) < 4.78 is 10.3. The normalized spacial score (nSPS) is 9.46. The zero-order valence-electron chi connectivity index (χ0n) is 13.4. The number of urea groups is 1. The van der Waals surface area contributed by atoms with Gasteiger partial charge in [-0.05, 0) is 24.3 Å². The van der Waals surface area contributed by atoms with E-state index in [1.54, 1.807) is 31.4 Å². The molecule has 2 rings (SSSR count). The summed E-state index contributed by atoms with van der Waals surface area (Å²) in [5, 5.41) is 5.93. The fourth-order valence-corrected chi connectivity index (χ4v) is 2.10. The Morgan fingerprint density at radius 2 is 1.88 bits per heavy atom. The smallest absolute Gasteiger partial charge is 0.319 e. The van der Waals surface area contributed by atoms with Gasteiger partial charge in [0.15, 0.2) is 11.5 Å². The second kappa shape index (κ2) is 8.70. The Balaban J connectivity index is 1.89. The van der Waals surface area contributed by atoms with Crippen molar-refractivity contribution in [2.75, 3.05) is 26.1 Å². The Morgan fingerprint density at radius 3 is 2.58 bits per heavy atom. The summed E-state index contributed by atoms with van der Waals surface area (Å²) in [6, 6.07) is 12.0. The highest BCUT2D eigenvalue weighted by atomic mass is 35.5. The summed E-state index contributed by atoms with van der Waals surface area (Å²) in [6.07, 6.45) is 0. The van der Waals surface area contributed by atoms with Crippen LogP contribution in [0.4, 0.5) is 10.5 Å². The molecule has 0 bridgehead atoms. The maximum atomic E-state index is 11.9. The molecule has 0 aliphatic rings. The average Bonchev–Trinajstić information content (AvgIpc) is 2.60. The number of nitrogens with one attached hydrogen (secondary N) is 2. The summed E-state index contributed by atoms with van der Waals surface area (Å²) in [5.74, 6) is 6.88. The molecule has 0 spiro atoms. The Hall–Kier alpha value is -2.84. The maximum Gasteiger partial charge on any atom is 0.319 e. The number of benzene rings is 2. The fourth-order valence-electron chi connectivity index (χ4n) is 1.92. The topological polar surface area (TPSA) is 59.6 Å². The second-order valence-corrected chi connectivity index (χ2v) is 5.07. The minimum Gasteiger partial charge on any atom is -0.493 e. The van der Waals surface area contributed by atoms with Gasteiger partial charge in [0.05, 0.1) is 25.8 Å². The van der Waals surface area contributed by atoms with E-state index in [0.29, 0.717) is 22.2 Å². The van der Waals surface area contributed by atoms with Crippen LogP contribution in [0.5, 0.6) is 11.5 Å². The lowest BCUT2D eigenvalue weighted by atomic mass is 10.2. The molecule has 2 N–H and O–H groups in total. The number of halogens is 1. The van der Waals surface area contributed by atoms with Gasteiger partial charge >= 0.3 is 6.03 Å². The van der Waals surface area contributed by atoms with Crippen molar-refractivity contribution < 1.29 is 14.3 Å². The van der Waals surface area contributed by atoms with Crippen LogP contribution in [0.1, 0.15) is 5.56 Å². The van der Waals surface area contributed by atoms with E-state index in [-0.39, 0.29) is 12.6 Å². The molecule has 0 unspecified atom stereocenters. The van der Waals surface area contributed by atoms with Crippen LogP contribution < -0.4 is 20.1 Å². The minimum atomic E-state index is -0.365. The number of anilines is 1. The monoisotopic (exact) mass is 344 g/mol. The van der Waals surface area contributed by atoms with Crippen LogP contribution in [0.2, 0.25) is 5.02 Å². The zero-order chi connectivity index (χ0) is 17.4. The number of ether oxygens (including phenoxy) is 2. The van der Waals surface area contributed by atoms with Crippen LogP contribution >= 0.6 is 11.6 Å². The first-order chi connectivity index (χ1) is 11.6. The molecule has 0 aliphatic carbocycles. The van der Waals surface area contributed by atoms with Crippen LogP contribution in [-0.2, 0) is 0 Å². The molecule has 0 aliphatic heterocycles. The molecule has 0 atom stereocenters. The van der Waals surface area contributed by atoms with Crippen LogP contribution in [0.25, 0.3) is 0 Å². The van der Waals surface area contributed by atoms with Crippen molar-refractivity contribution in [1.82, 2.24) is 5.32 Å². The maximum absolute atomic E-state index is 11.9. The van der Waals surface area contributed by atoms with Gasteiger partial charge in [-0.3, -0.25) is 0 Å². The molecule has 2 aromatic carbocycles. The van der Waals surface area contributed by atoms with Crippen molar-refractivity contribution in [3.63, 3.8) is 0 Å². The lowest BCUT2D eigenvalue weighted by molar-refractivity contribution is 0.253. The van der Waals surface area contributed by atoms with Gasteiger partial charge in [-0.2, -0.15) is 0 Å². The highest BCUT2D eigenvalue weighted by molar-refractivity contribution is 6.31. The summed E-state index contributed by atoms with van der Waals surface area (Å²) in [6.45, 7) is 0.199. The predicted octanol–water partition coefficient (Wildman–Crippen LogP) is 3.53. The van der Waals surface area contributed by atoms with Gasteiger partial charge < -0.3 is 20.1 Å². The number of carbonyl (C=O) groups is 1. The summed E-state index contributed by atoms with van der Waals surface area (Å²) >= 11 is 6.00. The van der Waals surface area contributed by atoms with Crippen molar-refractivity contribution in [1.29, 1.82) is 0 Å². The summed E-state index contributed by atoms with van der Waals surface area (Å²) in [7, 11) is 3.08. The number of amides is 2. The largest absolute Gasteiger partial charge is 0.493 e. The molecular formula is C18H17ClN2O3. The van der Waals surface area contributed by atoms with Gasteiger partial charge in [0.2, 0.25) is 0 Å². The third-order valence-corrected chi connectivity index (χ3v) is 3.41. The quantitative estimate of drug-likeness (QED) is 0.834. The Labute approximate surface area is 145 Å². The van der Waals surface area contributed by atoms with E-state index in [1.807, 2.05) is 18.2 Å². The summed E-state index contributed by atoms with van der Waals surface area (Å²) in [4.78, 5) is 11.9. The Bertz CT molecular complexity index is 781. The highest BCUT2D eigenvalue weighted by Crippen LogP contribution is 2.29. The third-order valence-electron chi connectivity index (χ3n) is 3.08. The molecule has 0 aromatic heterocycles. The fraction of sp³-hybridized carbons (Fsp3) is 0.167. The van der Waals surface area contributed by atoms with Gasteiger partial charge in [-0.15, -0.1) is 0 Å². The van der Waals surface area contributed by atoms with Crippen molar-refractivity contribution in [3.05, 3.63) is 53.1 Å². The molecule has 6 heteroatoms. The third kappa shape index (κ3) is 4.83. The van der Waals surface area contributed by atoms with E-state index >= 15 is 0 Å². The van der Waals surface area contributed by atoms with E-state index in [2.05, 4.69) is 22.5 Å². The molecule has 124 valence electrons. The summed E-state index contributed by atoms with van der Waals surface area (Å²) in [5.41, 5.74) is 1.31. The van der Waals surface area contributed by atoms with Crippen LogP contribution in [0, 0.1) is 11.8 Å². The highest BCUT2D eigenvalue weighted by Gasteiger charge is 2.06. The Kier molecular flexibility index (Phi) is 6.35. The van der Waals surface area contributed by atoms with Gasteiger partial charge in [0, 0.05) is 17.3 Å².